The van der Waals surface area contributed by atoms with E-state index in [0.29, 0.717) is 13.0 Å². The highest BCUT2D eigenvalue weighted by Crippen LogP contribution is 2.33. The Morgan fingerprint density at radius 1 is 1.07 bits per heavy atom. The van der Waals surface area contributed by atoms with Gasteiger partial charge < -0.3 is 9.66 Å². The molecule has 0 saturated carbocycles. The fraction of sp³-hybridized carbons (Fsp3) is 0.273. The molecular weight excluding hydrogens is 386 g/mol. The molecule has 3 aromatic rings. The molecule has 6 nitrogen and oxygen atoms in total. The summed E-state index contributed by atoms with van der Waals surface area (Å²) in [5.41, 5.74) is 3.28. The second-order valence-corrected chi connectivity index (χ2v) is 9.40. The van der Waals surface area contributed by atoms with E-state index in [4.69, 9.17) is 9.97 Å². The molecule has 4 rings (SSSR count). The van der Waals surface area contributed by atoms with Gasteiger partial charge in [0, 0.05) is 23.5 Å². The minimum Gasteiger partial charge on any atom is -0.593 e. The standard InChI is InChI=1S/C22H23N3O3S/c1-15(2)22-23-20-12-13-25(29(27,28)18-6-4-3-5-7-18)14-19(20)21(24-22)16-8-10-17(26)11-9-16/h3-11,15H,12-14H2,1-2H3,(H-,23,24,26,27,28). The van der Waals surface area contributed by atoms with Gasteiger partial charge in [-0.1, -0.05) is 36.3 Å². The van der Waals surface area contributed by atoms with E-state index in [-0.39, 0.29) is 23.1 Å². The Morgan fingerprint density at radius 2 is 1.76 bits per heavy atom. The number of phenols is 1. The van der Waals surface area contributed by atoms with Crippen LogP contribution in [0.4, 0.5) is 0 Å². The van der Waals surface area contributed by atoms with Crippen LogP contribution < -0.4 is 0 Å². The zero-order chi connectivity index (χ0) is 20.6. The second kappa shape index (κ2) is 7.67. The third kappa shape index (κ3) is 3.81. The van der Waals surface area contributed by atoms with Gasteiger partial charge in [-0.15, -0.1) is 4.31 Å². The van der Waals surface area contributed by atoms with Crippen molar-refractivity contribution in [3.63, 3.8) is 0 Å². The number of hydrogen-bond donors (Lipinski definition) is 1. The smallest absolute Gasteiger partial charge is 0.175 e. The Hall–Kier alpha value is -2.61. The number of sulfonamides is 1. The van der Waals surface area contributed by atoms with Gasteiger partial charge in [-0.05, 0) is 36.4 Å². The summed E-state index contributed by atoms with van der Waals surface area (Å²) >= 11 is 0. The first kappa shape index (κ1) is 19.7. The molecule has 0 aliphatic carbocycles. The highest BCUT2D eigenvalue weighted by atomic mass is 32.3. The van der Waals surface area contributed by atoms with E-state index in [1.165, 1.54) is 4.31 Å². The Balaban J connectivity index is 1.79. The first-order valence-corrected chi connectivity index (χ1v) is 11.0. The normalized spacial score (nSPS) is 16.4. The van der Waals surface area contributed by atoms with E-state index in [1.54, 1.807) is 54.6 Å². The quantitative estimate of drug-likeness (QED) is 0.660. The van der Waals surface area contributed by atoms with Gasteiger partial charge in [0.1, 0.15) is 11.6 Å². The van der Waals surface area contributed by atoms with E-state index in [0.717, 1.165) is 28.3 Å². The summed E-state index contributed by atoms with van der Waals surface area (Å²) in [6, 6.07) is 15.3. The molecule has 0 bridgehead atoms. The predicted molar refractivity (Wildman–Crippen MR) is 111 cm³/mol. The Bertz CT molecular complexity index is 1070. The van der Waals surface area contributed by atoms with Crippen molar-refractivity contribution < 1.29 is 13.9 Å². The summed E-state index contributed by atoms with van der Waals surface area (Å²) in [5.74, 6) is 1.07. The minimum absolute atomic E-state index is 0.155. The summed E-state index contributed by atoms with van der Waals surface area (Å²) in [7, 11) is -3.60. The fourth-order valence-electron chi connectivity index (χ4n) is 3.47. The molecule has 2 aromatic carbocycles. The van der Waals surface area contributed by atoms with E-state index < -0.39 is 10.4 Å². The van der Waals surface area contributed by atoms with Crippen molar-refractivity contribution in [3.8, 4) is 17.0 Å². The van der Waals surface area contributed by atoms with Crippen molar-refractivity contribution in [1.29, 1.82) is 0 Å². The fourth-order valence-corrected chi connectivity index (χ4v) is 4.90. The largest absolute Gasteiger partial charge is 0.593 e. The molecule has 0 saturated heterocycles. The molecule has 1 aliphatic heterocycles. The number of aromatic hydroxyl groups is 1. The molecule has 0 amide bonds. The first-order chi connectivity index (χ1) is 13.9. The maximum Gasteiger partial charge on any atom is 0.175 e. The van der Waals surface area contributed by atoms with Crippen LogP contribution in [0.5, 0.6) is 5.75 Å². The summed E-state index contributed by atoms with van der Waals surface area (Å²) < 4.78 is 27.7. The van der Waals surface area contributed by atoms with Gasteiger partial charge in [-0.3, -0.25) is 0 Å². The molecule has 1 aromatic heterocycles. The SMILES string of the molecule is CC(C)c1nc2c(c(-c3ccc(O)cc3)n1)CN([S+](=O)([O-])c1ccccc1)CC2. The summed E-state index contributed by atoms with van der Waals surface area (Å²) in [6.07, 6.45) is 0.536. The van der Waals surface area contributed by atoms with Gasteiger partial charge in [0.05, 0.1) is 24.5 Å². The van der Waals surface area contributed by atoms with Gasteiger partial charge >= 0.3 is 0 Å². The van der Waals surface area contributed by atoms with Crippen LogP contribution in [0.25, 0.3) is 11.3 Å². The van der Waals surface area contributed by atoms with Gasteiger partial charge in [0.15, 0.2) is 15.3 Å². The predicted octanol–water partition coefficient (Wildman–Crippen LogP) is 3.93. The van der Waals surface area contributed by atoms with Gasteiger partial charge in [-0.25, -0.2) is 9.97 Å². The van der Waals surface area contributed by atoms with Crippen LogP contribution in [0.3, 0.4) is 0 Å². The van der Waals surface area contributed by atoms with Crippen molar-refractivity contribution in [2.75, 3.05) is 6.54 Å². The van der Waals surface area contributed by atoms with E-state index in [1.807, 2.05) is 13.8 Å². The van der Waals surface area contributed by atoms with Gasteiger partial charge in [0.25, 0.3) is 0 Å². The van der Waals surface area contributed by atoms with Crippen molar-refractivity contribution in [1.82, 2.24) is 14.3 Å². The van der Waals surface area contributed by atoms with Crippen molar-refractivity contribution in [3.05, 3.63) is 71.7 Å². The highest BCUT2D eigenvalue weighted by Gasteiger charge is 2.35. The zero-order valence-electron chi connectivity index (χ0n) is 16.4. The molecule has 0 spiro atoms. The summed E-state index contributed by atoms with van der Waals surface area (Å²) in [5, 5.41) is 9.64. The van der Waals surface area contributed by atoms with E-state index >= 15 is 0 Å². The lowest BCUT2D eigenvalue weighted by Gasteiger charge is -2.32. The molecule has 29 heavy (non-hydrogen) atoms. The van der Waals surface area contributed by atoms with E-state index in [2.05, 4.69) is 0 Å². The molecule has 0 radical (unpaired) electrons. The maximum atomic E-state index is 13.1. The third-order valence-electron chi connectivity index (χ3n) is 5.08. The number of phenolic OH excluding ortho intramolecular Hbond substituents is 1. The lowest BCUT2D eigenvalue weighted by molar-refractivity contribution is 0.337. The third-order valence-corrected chi connectivity index (χ3v) is 6.94. The summed E-state index contributed by atoms with van der Waals surface area (Å²) in [4.78, 5) is 9.77. The average Bonchev–Trinajstić information content (AvgIpc) is 2.73. The molecule has 7 heteroatoms. The number of rotatable bonds is 4. The van der Waals surface area contributed by atoms with E-state index in [9.17, 15) is 13.9 Å². The number of fused-ring (bicyclic) bond motifs is 1. The topological polar surface area (TPSA) is 89.4 Å². The Labute approximate surface area is 171 Å². The van der Waals surface area contributed by atoms with Crippen LogP contribution in [0, 0.1) is 0 Å². The van der Waals surface area contributed by atoms with Crippen LogP contribution in [0.2, 0.25) is 0 Å². The molecule has 2 heterocycles. The lowest BCUT2D eigenvalue weighted by Crippen LogP contribution is -2.40. The second-order valence-electron chi connectivity index (χ2n) is 7.46. The van der Waals surface area contributed by atoms with Crippen LogP contribution in [-0.2, 0) is 27.6 Å². The van der Waals surface area contributed by atoms with Crippen molar-refractivity contribution in [2.45, 2.75) is 37.6 Å². The lowest BCUT2D eigenvalue weighted by atomic mass is 9.99. The highest BCUT2D eigenvalue weighted by molar-refractivity contribution is 7.95. The molecule has 1 aliphatic rings. The molecule has 1 unspecified atom stereocenters. The maximum absolute atomic E-state index is 13.1. The van der Waals surface area contributed by atoms with Crippen LogP contribution in [0.15, 0.2) is 59.5 Å². The van der Waals surface area contributed by atoms with Crippen LogP contribution in [-0.4, -0.2) is 30.5 Å². The number of aromatic nitrogens is 2. The number of benzene rings is 2. The van der Waals surface area contributed by atoms with Crippen LogP contribution >= 0.6 is 0 Å². The van der Waals surface area contributed by atoms with Crippen LogP contribution in [0.1, 0.15) is 36.8 Å². The monoisotopic (exact) mass is 409 g/mol. The summed E-state index contributed by atoms with van der Waals surface area (Å²) in [6.45, 7) is 4.68. The Morgan fingerprint density at radius 3 is 2.41 bits per heavy atom. The van der Waals surface area contributed by atoms with Crippen molar-refractivity contribution >= 4 is 10.4 Å². The molecule has 1 N–H and O–H groups in total. The molecule has 0 fully saturated rings. The van der Waals surface area contributed by atoms with Gasteiger partial charge in [-0.2, -0.15) is 0 Å². The average molecular weight is 410 g/mol. The van der Waals surface area contributed by atoms with Gasteiger partial charge in [0.2, 0.25) is 0 Å². The Kier molecular flexibility index (Phi) is 5.21. The molecule has 150 valence electrons. The first-order valence-electron chi connectivity index (χ1n) is 9.60. The molecule has 1 atom stereocenters. The molecular formula is C22H23N3O3S. The number of hydrogen-bond acceptors (Lipinski definition) is 5. The number of nitrogens with zero attached hydrogens (tertiary/aromatic N) is 3. The minimum atomic E-state index is -3.60. The van der Waals surface area contributed by atoms with Crippen molar-refractivity contribution in [2.24, 2.45) is 0 Å². The zero-order valence-corrected chi connectivity index (χ0v) is 17.2.